The monoisotopic (exact) mass is 178 g/mol. The van der Waals surface area contributed by atoms with Crippen LogP contribution >= 0.6 is 9.39 Å². The predicted molar refractivity (Wildman–Crippen MR) is 43.1 cm³/mol. The topological polar surface area (TPSA) is 96.2 Å². The minimum absolute atomic E-state index is 0.0720. The van der Waals surface area contributed by atoms with E-state index >= 15 is 0 Å². The molecule has 64 valence electrons. The van der Waals surface area contributed by atoms with Crippen LogP contribution in [0.2, 0.25) is 0 Å². The Kier molecular flexibility index (Phi) is 5.64. The summed E-state index contributed by atoms with van der Waals surface area (Å²) in [7, 11) is 2.09. The lowest BCUT2D eigenvalue weighted by Gasteiger charge is -2.03. The zero-order chi connectivity index (χ0) is 8.69. The molecule has 2 amide bonds. The number of hydrogen-bond donors (Lipinski definition) is 4. The van der Waals surface area contributed by atoms with E-state index < -0.39 is 0 Å². The third-order valence-electron chi connectivity index (χ3n) is 0.843. The van der Waals surface area contributed by atoms with E-state index in [4.69, 9.17) is 5.73 Å². The first-order valence-electron chi connectivity index (χ1n) is 2.92. The lowest BCUT2D eigenvalue weighted by Crippen LogP contribution is -2.41. The predicted octanol–water partition coefficient (Wildman–Crippen LogP) is -2.53. The quantitative estimate of drug-likeness (QED) is 0.282. The molecule has 0 rings (SSSR count). The van der Waals surface area contributed by atoms with Crippen molar-refractivity contribution in [2.75, 3.05) is 13.1 Å². The summed E-state index contributed by atoms with van der Waals surface area (Å²) < 4.78 is 0. The van der Waals surface area contributed by atoms with E-state index in [-0.39, 0.29) is 24.9 Å². The zero-order valence-electron chi connectivity index (χ0n) is 5.89. The second-order valence-electron chi connectivity index (χ2n) is 1.67. The zero-order valence-corrected chi connectivity index (χ0v) is 7.04. The maximum Gasteiger partial charge on any atom is 0.253 e. The number of hydrogen-bond acceptors (Lipinski definition) is 4. The molecule has 0 aliphatic rings. The van der Waals surface area contributed by atoms with Gasteiger partial charge in [0.05, 0.1) is 13.1 Å². The molecule has 0 saturated heterocycles. The maximum absolute atomic E-state index is 10.6. The molecular formula is C4H11N4O2P. The van der Waals surface area contributed by atoms with E-state index in [1.54, 1.807) is 0 Å². The fraction of sp³-hybridized carbons (Fsp3) is 0.500. The van der Waals surface area contributed by atoms with E-state index in [1.807, 2.05) is 0 Å². The minimum Gasteiger partial charge on any atom is -0.346 e. The number of nitrogens with one attached hydrogen (secondary N) is 3. The SMILES string of the molecule is NCC(=O)NCC(=O)NNP. The summed E-state index contributed by atoms with van der Waals surface area (Å²) in [5.74, 6) is -0.689. The van der Waals surface area contributed by atoms with E-state index in [2.05, 4.69) is 25.3 Å². The van der Waals surface area contributed by atoms with Gasteiger partial charge in [0, 0.05) is 0 Å². The fourth-order valence-electron chi connectivity index (χ4n) is 0.376. The summed E-state index contributed by atoms with van der Waals surface area (Å²) in [6.07, 6.45) is 0. The highest BCUT2D eigenvalue weighted by atomic mass is 31.0. The van der Waals surface area contributed by atoms with Crippen LogP contribution in [0.3, 0.4) is 0 Å². The smallest absolute Gasteiger partial charge is 0.253 e. The Balaban J connectivity index is 3.38. The Bertz CT molecular complexity index is 151. The molecule has 0 aliphatic carbocycles. The Morgan fingerprint density at radius 2 is 2.00 bits per heavy atom. The Morgan fingerprint density at radius 1 is 1.36 bits per heavy atom. The molecule has 5 N–H and O–H groups in total. The largest absolute Gasteiger partial charge is 0.346 e. The third-order valence-corrected chi connectivity index (χ3v) is 0.987. The van der Waals surface area contributed by atoms with Crippen LogP contribution in [0.5, 0.6) is 0 Å². The average molecular weight is 178 g/mol. The summed E-state index contributed by atoms with van der Waals surface area (Å²) in [5, 5.41) is 4.64. The number of carbonyl (C=O) groups excluding carboxylic acids is 2. The number of amides is 2. The van der Waals surface area contributed by atoms with E-state index in [0.29, 0.717) is 0 Å². The molecule has 0 aromatic heterocycles. The normalized spacial score (nSPS) is 8.91. The van der Waals surface area contributed by atoms with E-state index in [1.165, 1.54) is 0 Å². The fourth-order valence-corrected chi connectivity index (χ4v) is 0.537. The van der Waals surface area contributed by atoms with Gasteiger partial charge in [-0.25, -0.2) is 5.20 Å². The third kappa shape index (κ3) is 5.72. The molecule has 0 heterocycles. The van der Waals surface area contributed by atoms with Crippen molar-refractivity contribution in [2.45, 2.75) is 0 Å². The van der Waals surface area contributed by atoms with Gasteiger partial charge in [0.15, 0.2) is 0 Å². The van der Waals surface area contributed by atoms with Crippen LogP contribution in [0.15, 0.2) is 0 Å². The average Bonchev–Trinajstić information content (AvgIpc) is 2.01. The van der Waals surface area contributed by atoms with Gasteiger partial charge in [0.1, 0.15) is 0 Å². The number of rotatable bonds is 4. The summed E-state index contributed by atoms with van der Waals surface area (Å²) in [6.45, 7) is -0.182. The van der Waals surface area contributed by atoms with Crippen molar-refractivity contribution in [1.82, 2.24) is 15.9 Å². The van der Waals surface area contributed by atoms with Crippen molar-refractivity contribution in [3.63, 3.8) is 0 Å². The molecule has 1 unspecified atom stereocenters. The first-order chi connectivity index (χ1) is 5.20. The minimum atomic E-state index is -0.357. The molecule has 0 fully saturated rings. The van der Waals surface area contributed by atoms with E-state index in [0.717, 1.165) is 0 Å². The van der Waals surface area contributed by atoms with Gasteiger partial charge in [-0.1, -0.05) is 0 Å². The molecule has 0 aromatic rings. The standard InChI is InChI=1S/C4H11N4O2P/c5-1-3(9)6-2-4(10)7-8-11/h8H,1-2,5,11H2,(H,6,9)(H,7,10). The van der Waals surface area contributed by atoms with Crippen molar-refractivity contribution in [3.8, 4) is 0 Å². The molecule has 0 spiro atoms. The molecular weight excluding hydrogens is 167 g/mol. The molecule has 0 aromatic carbocycles. The Labute approximate surface area is 66.5 Å². The summed E-state index contributed by atoms with van der Waals surface area (Å²) in [5.41, 5.74) is 7.21. The summed E-state index contributed by atoms with van der Waals surface area (Å²) >= 11 is 0. The van der Waals surface area contributed by atoms with Crippen LogP contribution < -0.4 is 21.7 Å². The Hall–Kier alpha value is -0.710. The molecule has 0 saturated carbocycles. The second-order valence-corrected chi connectivity index (χ2v) is 1.96. The van der Waals surface area contributed by atoms with E-state index in [9.17, 15) is 9.59 Å². The molecule has 0 aliphatic heterocycles. The van der Waals surface area contributed by atoms with Crippen molar-refractivity contribution in [3.05, 3.63) is 0 Å². The molecule has 0 radical (unpaired) electrons. The molecule has 6 nitrogen and oxygen atoms in total. The number of nitrogens with two attached hydrogens (primary N) is 1. The number of carbonyl (C=O) groups is 2. The lowest BCUT2D eigenvalue weighted by molar-refractivity contribution is -0.125. The highest BCUT2D eigenvalue weighted by Gasteiger charge is 2.00. The van der Waals surface area contributed by atoms with Crippen LogP contribution in [-0.2, 0) is 9.59 Å². The van der Waals surface area contributed by atoms with Crippen LogP contribution in [0, 0.1) is 0 Å². The summed E-state index contributed by atoms with van der Waals surface area (Å²) in [4.78, 5) is 21.1. The van der Waals surface area contributed by atoms with Crippen LogP contribution in [0.1, 0.15) is 0 Å². The van der Waals surface area contributed by atoms with Crippen molar-refractivity contribution in [1.29, 1.82) is 0 Å². The highest BCUT2D eigenvalue weighted by molar-refractivity contribution is 7.13. The van der Waals surface area contributed by atoms with Crippen molar-refractivity contribution >= 4 is 21.2 Å². The molecule has 11 heavy (non-hydrogen) atoms. The number of hydrazine groups is 1. The van der Waals surface area contributed by atoms with Gasteiger partial charge in [-0.2, -0.15) is 0 Å². The van der Waals surface area contributed by atoms with Crippen molar-refractivity contribution < 1.29 is 9.59 Å². The first kappa shape index (κ1) is 10.3. The van der Waals surface area contributed by atoms with Gasteiger partial charge in [0.2, 0.25) is 5.91 Å². The van der Waals surface area contributed by atoms with Crippen LogP contribution in [0.4, 0.5) is 0 Å². The summed E-state index contributed by atoms with van der Waals surface area (Å²) in [6, 6.07) is 0. The van der Waals surface area contributed by atoms with Crippen molar-refractivity contribution in [2.24, 2.45) is 5.73 Å². The first-order valence-corrected chi connectivity index (χ1v) is 3.49. The van der Waals surface area contributed by atoms with Gasteiger partial charge in [0.25, 0.3) is 5.91 Å². The maximum atomic E-state index is 10.6. The van der Waals surface area contributed by atoms with Gasteiger partial charge >= 0.3 is 0 Å². The highest BCUT2D eigenvalue weighted by Crippen LogP contribution is 1.65. The van der Waals surface area contributed by atoms with Crippen LogP contribution in [-0.4, -0.2) is 24.9 Å². The van der Waals surface area contributed by atoms with Gasteiger partial charge in [-0.3, -0.25) is 15.0 Å². The lowest BCUT2D eigenvalue weighted by atomic mass is 10.5. The molecule has 7 heteroatoms. The second kappa shape index (κ2) is 6.03. The van der Waals surface area contributed by atoms with Gasteiger partial charge in [-0.05, 0) is 9.39 Å². The van der Waals surface area contributed by atoms with Crippen LogP contribution in [0.25, 0.3) is 0 Å². The molecule has 0 bridgehead atoms. The van der Waals surface area contributed by atoms with Gasteiger partial charge in [-0.15, -0.1) is 0 Å². The molecule has 1 atom stereocenters. The van der Waals surface area contributed by atoms with Gasteiger partial charge < -0.3 is 11.1 Å². The Morgan fingerprint density at radius 3 is 2.45 bits per heavy atom.